The standard InChI is InChI=1S/C12H15FN2O3/c1-2-17-10-4-3-8(5-9(10)13)12(6-14)7-15-11(16)18-12/h3-5H,2,6-7,14H2,1H3,(H,15,16). The van der Waals surface area contributed by atoms with Crippen molar-refractivity contribution in [2.75, 3.05) is 19.7 Å². The molecule has 0 aliphatic carbocycles. The van der Waals surface area contributed by atoms with E-state index >= 15 is 0 Å². The summed E-state index contributed by atoms with van der Waals surface area (Å²) in [5, 5.41) is 2.52. The van der Waals surface area contributed by atoms with E-state index in [0.29, 0.717) is 12.2 Å². The van der Waals surface area contributed by atoms with Gasteiger partial charge in [-0.3, -0.25) is 0 Å². The lowest BCUT2D eigenvalue weighted by Gasteiger charge is -2.25. The second-order valence-electron chi connectivity index (χ2n) is 4.02. The summed E-state index contributed by atoms with van der Waals surface area (Å²) in [4.78, 5) is 11.1. The first-order valence-corrected chi connectivity index (χ1v) is 5.71. The number of nitrogens with one attached hydrogen (secondary N) is 1. The molecule has 0 radical (unpaired) electrons. The Morgan fingerprint density at radius 3 is 2.89 bits per heavy atom. The Hall–Kier alpha value is -1.82. The van der Waals surface area contributed by atoms with Gasteiger partial charge in [-0.1, -0.05) is 6.07 Å². The molecule has 1 aliphatic rings. The van der Waals surface area contributed by atoms with Crippen LogP contribution in [0.2, 0.25) is 0 Å². The first-order chi connectivity index (χ1) is 8.61. The molecule has 5 nitrogen and oxygen atoms in total. The Labute approximate surface area is 104 Å². The second-order valence-corrected chi connectivity index (χ2v) is 4.02. The number of cyclic esters (lactones) is 1. The minimum atomic E-state index is -0.997. The quantitative estimate of drug-likeness (QED) is 0.844. The van der Waals surface area contributed by atoms with Gasteiger partial charge in [0.1, 0.15) is 0 Å². The Bertz CT molecular complexity index is 467. The summed E-state index contributed by atoms with van der Waals surface area (Å²) in [6, 6.07) is 4.46. The summed E-state index contributed by atoms with van der Waals surface area (Å²) >= 11 is 0. The second kappa shape index (κ2) is 4.81. The maximum Gasteiger partial charge on any atom is 0.408 e. The molecule has 1 atom stereocenters. The van der Waals surface area contributed by atoms with Crippen LogP contribution in [0.5, 0.6) is 5.75 Å². The third kappa shape index (κ3) is 2.11. The van der Waals surface area contributed by atoms with Crippen LogP contribution in [-0.4, -0.2) is 25.8 Å². The van der Waals surface area contributed by atoms with Gasteiger partial charge in [0, 0.05) is 12.1 Å². The topological polar surface area (TPSA) is 73.6 Å². The van der Waals surface area contributed by atoms with Crippen LogP contribution in [0.15, 0.2) is 18.2 Å². The molecule has 1 unspecified atom stereocenters. The molecule has 1 saturated heterocycles. The fraction of sp³-hybridized carbons (Fsp3) is 0.417. The first kappa shape index (κ1) is 12.6. The van der Waals surface area contributed by atoms with E-state index in [1.54, 1.807) is 13.0 Å². The molecule has 18 heavy (non-hydrogen) atoms. The number of benzene rings is 1. The van der Waals surface area contributed by atoms with Crippen LogP contribution in [0.25, 0.3) is 0 Å². The molecule has 2 rings (SSSR count). The summed E-state index contributed by atoms with van der Waals surface area (Å²) in [5.74, 6) is -0.323. The maximum atomic E-state index is 13.8. The molecule has 3 N–H and O–H groups in total. The van der Waals surface area contributed by atoms with Gasteiger partial charge in [0.15, 0.2) is 17.2 Å². The van der Waals surface area contributed by atoms with Gasteiger partial charge in [-0.25, -0.2) is 9.18 Å². The molecule has 0 aromatic heterocycles. The Kier molecular flexibility index (Phi) is 3.38. The molecule has 6 heteroatoms. The molecule has 0 spiro atoms. The summed E-state index contributed by atoms with van der Waals surface area (Å²) in [7, 11) is 0. The number of hydrogen-bond donors (Lipinski definition) is 2. The molecule has 1 amide bonds. The molecule has 98 valence electrons. The van der Waals surface area contributed by atoms with Gasteiger partial charge in [0.25, 0.3) is 0 Å². The Balaban J connectivity index is 2.33. The monoisotopic (exact) mass is 254 g/mol. The summed E-state index contributed by atoms with van der Waals surface area (Å²) in [6.45, 7) is 2.47. The largest absolute Gasteiger partial charge is 0.491 e. The number of carbonyl (C=O) groups is 1. The summed E-state index contributed by atoms with van der Waals surface area (Å²) < 4.78 is 24.0. The highest BCUT2D eigenvalue weighted by atomic mass is 19.1. The van der Waals surface area contributed by atoms with E-state index in [9.17, 15) is 9.18 Å². The van der Waals surface area contributed by atoms with E-state index in [-0.39, 0.29) is 18.8 Å². The predicted molar refractivity (Wildman–Crippen MR) is 62.8 cm³/mol. The van der Waals surface area contributed by atoms with Gasteiger partial charge in [-0.2, -0.15) is 0 Å². The SMILES string of the molecule is CCOc1ccc(C2(CN)CNC(=O)O2)cc1F. The summed E-state index contributed by atoms with van der Waals surface area (Å²) in [6.07, 6.45) is -0.547. The van der Waals surface area contributed by atoms with Crippen molar-refractivity contribution in [1.29, 1.82) is 0 Å². The zero-order valence-electron chi connectivity index (χ0n) is 10.0. The first-order valence-electron chi connectivity index (χ1n) is 5.71. The van der Waals surface area contributed by atoms with Crippen LogP contribution in [0, 0.1) is 5.82 Å². The van der Waals surface area contributed by atoms with E-state index < -0.39 is 17.5 Å². The lowest BCUT2D eigenvalue weighted by Crippen LogP contribution is -2.38. The molecular weight excluding hydrogens is 239 g/mol. The van der Waals surface area contributed by atoms with Crippen molar-refractivity contribution in [3.8, 4) is 5.75 Å². The van der Waals surface area contributed by atoms with Crippen LogP contribution in [0.4, 0.5) is 9.18 Å². The maximum absolute atomic E-state index is 13.8. The lowest BCUT2D eigenvalue weighted by molar-refractivity contribution is 0.0614. The lowest BCUT2D eigenvalue weighted by atomic mass is 9.94. The van der Waals surface area contributed by atoms with Gasteiger partial charge >= 0.3 is 6.09 Å². The molecule has 0 bridgehead atoms. The smallest absolute Gasteiger partial charge is 0.408 e. The molecule has 1 aromatic carbocycles. The van der Waals surface area contributed by atoms with Crippen molar-refractivity contribution < 1.29 is 18.7 Å². The molecular formula is C12H15FN2O3. The molecule has 1 fully saturated rings. The van der Waals surface area contributed by atoms with E-state index in [2.05, 4.69) is 5.32 Å². The number of carbonyl (C=O) groups excluding carboxylic acids is 1. The van der Waals surface area contributed by atoms with Crippen LogP contribution >= 0.6 is 0 Å². The highest BCUT2D eigenvalue weighted by Crippen LogP contribution is 2.31. The minimum absolute atomic E-state index is 0.0825. The Morgan fingerprint density at radius 2 is 2.39 bits per heavy atom. The number of amides is 1. The normalized spacial score (nSPS) is 22.5. The van der Waals surface area contributed by atoms with Gasteiger partial charge in [0.2, 0.25) is 0 Å². The van der Waals surface area contributed by atoms with Gasteiger partial charge in [0.05, 0.1) is 13.2 Å². The van der Waals surface area contributed by atoms with Gasteiger partial charge < -0.3 is 20.5 Å². The fourth-order valence-corrected chi connectivity index (χ4v) is 1.91. The van der Waals surface area contributed by atoms with Crippen molar-refractivity contribution in [2.45, 2.75) is 12.5 Å². The molecule has 0 saturated carbocycles. The number of hydrogen-bond acceptors (Lipinski definition) is 4. The number of ether oxygens (including phenoxy) is 2. The van der Waals surface area contributed by atoms with E-state index in [0.717, 1.165) is 0 Å². The van der Waals surface area contributed by atoms with Gasteiger partial charge in [-0.05, 0) is 19.1 Å². The Morgan fingerprint density at radius 1 is 1.61 bits per heavy atom. The van der Waals surface area contributed by atoms with Gasteiger partial charge in [-0.15, -0.1) is 0 Å². The summed E-state index contributed by atoms with van der Waals surface area (Å²) in [5.41, 5.74) is 5.16. The fourth-order valence-electron chi connectivity index (χ4n) is 1.91. The van der Waals surface area contributed by atoms with E-state index in [1.165, 1.54) is 12.1 Å². The minimum Gasteiger partial charge on any atom is -0.491 e. The van der Waals surface area contributed by atoms with Crippen molar-refractivity contribution in [3.63, 3.8) is 0 Å². The number of nitrogens with two attached hydrogens (primary N) is 1. The van der Waals surface area contributed by atoms with Crippen molar-refractivity contribution >= 4 is 6.09 Å². The van der Waals surface area contributed by atoms with Crippen LogP contribution in [0.1, 0.15) is 12.5 Å². The average molecular weight is 254 g/mol. The highest BCUT2D eigenvalue weighted by Gasteiger charge is 2.41. The predicted octanol–water partition coefficient (Wildman–Crippen LogP) is 1.12. The third-order valence-electron chi connectivity index (χ3n) is 2.89. The number of halogens is 1. The zero-order valence-corrected chi connectivity index (χ0v) is 10.0. The van der Waals surface area contributed by atoms with E-state index in [1.807, 2.05) is 0 Å². The molecule has 1 aliphatic heterocycles. The zero-order chi connectivity index (χ0) is 13.2. The average Bonchev–Trinajstić information content (AvgIpc) is 2.75. The van der Waals surface area contributed by atoms with Crippen LogP contribution < -0.4 is 15.8 Å². The van der Waals surface area contributed by atoms with Crippen molar-refractivity contribution in [1.82, 2.24) is 5.32 Å². The van der Waals surface area contributed by atoms with E-state index in [4.69, 9.17) is 15.2 Å². The third-order valence-corrected chi connectivity index (χ3v) is 2.89. The van der Waals surface area contributed by atoms with Crippen molar-refractivity contribution in [3.05, 3.63) is 29.6 Å². The molecule has 1 aromatic rings. The van der Waals surface area contributed by atoms with Crippen molar-refractivity contribution in [2.24, 2.45) is 5.73 Å². The molecule has 1 heterocycles. The number of rotatable bonds is 4. The van der Waals surface area contributed by atoms with Crippen LogP contribution in [-0.2, 0) is 10.3 Å². The van der Waals surface area contributed by atoms with Crippen LogP contribution in [0.3, 0.4) is 0 Å². The number of alkyl carbamates (subject to hydrolysis) is 1. The highest BCUT2D eigenvalue weighted by molar-refractivity contribution is 5.70.